The van der Waals surface area contributed by atoms with E-state index in [1.807, 2.05) is 124 Å². The molecule has 2 heterocycles. The van der Waals surface area contributed by atoms with E-state index in [0.717, 1.165) is 67.0 Å². The second-order valence-corrected chi connectivity index (χ2v) is 32.7. The van der Waals surface area contributed by atoms with Crippen molar-refractivity contribution in [3.8, 4) is 0 Å². The molecule has 0 saturated carbocycles. The number of hydrogen-bond acceptors (Lipinski definition) is 19. The van der Waals surface area contributed by atoms with Gasteiger partial charge in [-0.05, 0) is 138 Å². The number of aliphatic carboxylic acids is 1. The molecule has 10 N–H and O–H groups in total. The van der Waals surface area contributed by atoms with Crippen LogP contribution in [0.25, 0.3) is 0 Å². The lowest BCUT2D eigenvalue weighted by Gasteiger charge is -2.44. The highest BCUT2D eigenvalue weighted by Crippen LogP contribution is 2.33. The number of benzene rings is 4. The molecule has 632 valence electrons. The maximum Gasteiger partial charge on any atom is 0.410 e. The number of aryl methyl sites for hydroxylation is 2. The van der Waals surface area contributed by atoms with Crippen LogP contribution in [0.15, 0.2) is 109 Å². The maximum absolute atomic E-state index is 14.5. The van der Waals surface area contributed by atoms with E-state index in [1.165, 1.54) is 56.0 Å². The number of carbonyl (C=O) groups is 13. The van der Waals surface area contributed by atoms with Crippen LogP contribution < -0.4 is 37.6 Å². The van der Waals surface area contributed by atoms with Crippen molar-refractivity contribution in [3.63, 3.8) is 0 Å². The van der Waals surface area contributed by atoms with Crippen molar-refractivity contribution in [1.29, 1.82) is 0 Å². The molecular weight excluding hydrogens is 1480 g/mol. The number of alkyl carbamates (subject to hydrolysis) is 2. The number of rotatable bonds is 21. The van der Waals surface area contributed by atoms with Gasteiger partial charge in [0.05, 0.1) is 31.7 Å². The molecule has 4 aromatic rings. The van der Waals surface area contributed by atoms with Gasteiger partial charge < -0.3 is 86.4 Å². The Hall–Kier alpha value is -10.9. The lowest BCUT2D eigenvalue weighted by atomic mass is 9.85. The zero-order valence-electron chi connectivity index (χ0n) is 69.6. The number of nitrogens with zero attached hydrogens (tertiary/aromatic N) is 6. The summed E-state index contributed by atoms with van der Waals surface area (Å²) in [6, 6.07) is 27.6. The number of nitrogens with one attached hydrogen (secondary N) is 6. The van der Waals surface area contributed by atoms with Gasteiger partial charge in [-0.2, -0.15) is 0 Å². The first-order valence-electron chi connectivity index (χ1n) is 38.7. The number of piperazine rings is 2. The second-order valence-electron chi connectivity index (χ2n) is 32.7. The molecule has 8 rings (SSSR count). The van der Waals surface area contributed by atoms with E-state index in [1.54, 1.807) is 69.2 Å². The fourth-order valence-corrected chi connectivity index (χ4v) is 12.9. The molecule has 0 aromatic heterocycles. The number of ether oxygens (including phenoxy) is 4. The van der Waals surface area contributed by atoms with Gasteiger partial charge in [0.1, 0.15) is 73.8 Å². The van der Waals surface area contributed by atoms with Gasteiger partial charge in [0.25, 0.3) is 0 Å². The van der Waals surface area contributed by atoms with E-state index in [4.69, 9.17) is 34.9 Å². The molecule has 2 fully saturated rings. The third-order valence-corrected chi connectivity index (χ3v) is 19.5. The lowest BCUT2D eigenvalue weighted by Crippen LogP contribution is -2.67. The minimum atomic E-state index is -1.10. The number of hydrogen-bond donors (Lipinski definition) is 9. The van der Waals surface area contributed by atoms with Gasteiger partial charge in [-0.3, -0.25) is 53.0 Å². The largest absolute Gasteiger partial charge is 0.480 e. The minimum Gasteiger partial charge on any atom is -0.480 e. The van der Waals surface area contributed by atoms with Crippen molar-refractivity contribution in [2.75, 3.05) is 80.1 Å². The van der Waals surface area contributed by atoms with Crippen LogP contribution in [0.5, 0.6) is 0 Å². The summed E-state index contributed by atoms with van der Waals surface area (Å²) in [7, 11) is 3.91. The molecule has 0 bridgehead atoms. The number of nitrogens with two attached hydrogens (primary N) is 1. The molecular formula is C83H121N13O19. The van der Waals surface area contributed by atoms with Crippen molar-refractivity contribution in [1.82, 2.24) is 61.3 Å². The third kappa shape index (κ3) is 29.5. The molecule has 32 heteroatoms. The smallest absolute Gasteiger partial charge is 0.410 e. The van der Waals surface area contributed by atoms with Crippen LogP contribution in [0.1, 0.15) is 168 Å². The van der Waals surface area contributed by atoms with Crippen molar-refractivity contribution in [3.05, 3.63) is 143 Å². The monoisotopic (exact) mass is 1600 g/mol. The van der Waals surface area contributed by atoms with E-state index < -0.39 is 131 Å². The summed E-state index contributed by atoms with van der Waals surface area (Å²) in [5.41, 5.74) is 8.61. The van der Waals surface area contributed by atoms with Crippen LogP contribution in [-0.2, 0) is 88.2 Å². The van der Waals surface area contributed by atoms with E-state index in [0.29, 0.717) is 6.42 Å². The van der Waals surface area contributed by atoms with Gasteiger partial charge in [0.15, 0.2) is 0 Å². The molecule has 8 atom stereocenters. The molecule has 2 saturated heterocycles. The van der Waals surface area contributed by atoms with E-state index >= 15 is 0 Å². The number of likely N-dealkylation sites (N-methyl/N-ethyl adjacent to an activating group) is 2. The molecule has 0 unspecified atom stereocenters. The lowest BCUT2D eigenvalue weighted by molar-refractivity contribution is -0.152. The Labute approximate surface area is 674 Å². The Bertz CT molecular complexity index is 3970. The molecule has 0 radical (unpaired) electrons. The Morgan fingerprint density at radius 2 is 0.843 bits per heavy atom. The molecule has 115 heavy (non-hydrogen) atoms. The number of fused-ring (bicyclic) bond motifs is 2. The fourth-order valence-electron chi connectivity index (χ4n) is 12.9. The predicted molar refractivity (Wildman–Crippen MR) is 428 cm³/mol. The van der Waals surface area contributed by atoms with Gasteiger partial charge in [0, 0.05) is 47.4 Å². The minimum absolute atomic E-state index is 0.00180. The normalized spacial score (nSPS) is 17.6. The first-order valence-corrected chi connectivity index (χ1v) is 38.7. The molecule has 2 aliphatic heterocycles. The first kappa shape index (κ1) is 94.7. The van der Waals surface area contributed by atoms with Gasteiger partial charge >= 0.3 is 30.3 Å². The number of amides is 12. The van der Waals surface area contributed by atoms with Crippen LogP contribution >= 0.6 is 0 Å². The maximum atomic E-state index is 14.5. The fraction of sp³-hybridized carbons (Fsp3) is 0.554. The number of carbonyl (C=O) groups excluding carboxylic acids is 12. The van der Waals surface area contributed by atoms with Gasteiger partial charge in [-0.1, -0.05) is 151 Å². The summed E-state index contributed by atoms with van der Waals surface area (Å²) in [5.74, 6) is -4.72. The van der Waals surface area contributed by atoms with Crippen LogP contribution in [0.4, 0.5) is 19.2 Å². The van der Waals surface area contributed by atoms with Crippen molar-refractivity contribution in [2.24, 2.45) is 16.6 Å². The first-order chi connectivity index (χ1) is 54.0. The summed E-state index contributed by atoms with van der Waals surface area (Å²) in [6.07, 6.45) is 2.25. The van der Waals surface area contributed by atoms with E-state index in [2.05, 4.69) is 38.0 Å². The van der Waals surface area contributed by atoms with Crippen molar-refractivity contribution < 1.29 is 91.5 Å². The summed E-state index contributed by atoms with van der Waals surface area (Å²) in [6.45, 7) is 23.7. The topological polar surface area (TPSA) is 417 Å². The van der Waals surface area contributed by atoms with Gasteiger partial charge in [-0.25, -0.2) is 19.2 Å². The van der Waals surface area contributed by atoms with Crippen molar-refractivity contribution >= 4 is 77.6 Å². The Morgan fingerprint density at radius 3 is 1.19 bits per heavy atom. The summed E-state index contributed by atoms with van der Waals surface area (Å²) < 4.78 is 20.8. The zero-order chi connectivity index (χ0) is 85.9. The molecule has 4 aliphatic rings. The highest BCUT2D eigenvalue weighted by molar-refractivity contribution is 5.97. The molecule has 4 aromatic carbocycles. The van der Waals surface area contributed by atoms with Crippen LogP contribution in [0.3, 0.4) is 0 Å². The highest BCUT2D eigenvalue weighted by atomic mass is 16.6. The van der Waals surface area contributed by atoms with Crippen LogP contribution in [0, 0.1) is 10.8 Å². The average molecular weight is 1600 g/mol. The summed E-state index contributed by atoms with van der Waals surface area (Å²) in [4.78, 5) is 177. The van der Waals surface area contributed by atoms with Gasteiger partial charge in [-0.15, -0.1) is 0 Å². The predicted octanol–water partition coefficient (Wildman–Crippen LogP) is 6.50. The summed E-state index contributed by atoms with van der Waals surface area (Å²) in [5, 5.41) is 31.8. The second kappa shape index (κ2) is 43.6. The highest BCUT2D eigenvalue weighted by Gasteiger charge is 2.47. The Kier molecular flexibility index (Phi) is 35.9. The summed E-state index contributed by atoms with van der Waals surface area (Å²) >= 11 is 0. The quantitative estimate of drug-likeness (QED) is 0.0402. The molecule has 32 nitrogen and oxygen atoms in total. The van der Waals surface area contributed by atoms with Crippen LogP contribution in [0.2, 0.25) is 0 Å². The zero-order valence-corrected chi connectivity index (χ0v) is 69.6. The molecule has 2 aliphatic carbocycles. The third-order valence-electron chi connectivity index (χ3n) is 19.5. The SMILES string of the molecule is CO.C[C@@H](C(=O)N[C@H](C(=O)N1CCN(C(=O)CN)C[C@H]1C(=O)N[C@@H]1CCCc2ccccc21)C(C)(C)C)N(C)C(=O)OC(C)(C)C.C[C@@H](C(=O)N[C@H](C(=O)N1CCN(C(=O)CNC(=O)OCc2ccccc2)C[C@H]1C(=O)N[C@@H]1CCCc2ccccc21)C(C)(C)C)N(C)C(=O)OC(C)(C)C.O=C(O)CNC(=O)OCc1ccccc1. The number of aliphatic hydroxyl groups is 1. The number of aliphatic hydroxyl groups excluding tert-OH is 1. The standard InChI is InChI=1S/C40H56N6O8.C32H50N6O6.C10H11NO4.CH4O/c1-26(44(8)38(52)54-40(5,6)7)34(48)43-33(39(2,3)4)36(50)46-22-21-45(32(47)23-41-37(51)53-25-27-15-10-9-11-16-27)24-31(46)35(49)42-30-20-14-18-28-17-12-13-19-29(28)30;1-20(36(8)30(43)44-32(5,6)7)27(40)35-26(31(2,3)4)29(42)38-17-16-37(25(39)18-33)19-24(38)28(41)34-23-15-11-13-21-12-9-10-14-22(21)23;12-9(13)6-11-10(14)15-7-8-4-2-1-3-5-8;1-2/h9-13,15-17,19,26,30-31,33H,14,18,20-25H2,1-8H3,(H,41,51)(H,42,49)(H,43,48);9-10,12,14,20,23-24,26H,11,13,15-19,33H2,1-8H3,(H,34,41)(H,35,40);1-5H,6-7H2,(H,11,14)(H,12,13);2H,1H3/t26-,30+,31-,33+;20-,23+,24-,26+;;/m00../s1. The molecule has 0 spiro atoms. The number of carboxylic acids is 1. The molecule has 12 amide bonds. The number of carboxylic acid groups (broad SMARTS) is 1. The van der Waals surface area contributed by atoms with E-state index in [-0.39, 0.29) is 89.5 Å². The average Bonchev–Trinajstić information content (AvgIpc) is 0.787. The van der Waals surface area contributed by atoms with Crippen LogP contribution in [-0.4, -0.2) is 245 Å². The van der Waals surface area contributed by atoms with Crippen molar-refractivity contribution in [2.45, 2.75) is 208 Å². The Morgan fingerprint density at radius 1 is 0.496 bits per heavy atom. The van der Waals surface area contributed by atoms with E-state index in [9.17, 15) is 62.3 Å². The van der Waals surface area contributed by atoms with Gasteiger partial charge in [0.2, 0.25) is 47.3 Å². The Balaban J connectivity index is 0.000000345.